The molecule has 0 radical (unpaired) electrons. The van der Waals surface area contributed by atoms with E-state index in [-0.39, 0.29) is 6.42 Å². The van der Waals surface area contributed by atoms with E-state index in [1.54, 1.807) is 6.20 Å². The molecule has 22 heavy (non-hydrogen) atoms. The van der Waals surface area contributed by atoms with Gasteiger partial charge in [-0.2, -0.15) is 4.31 Å². The molecule has 0 saturated carbocycles. The van der Waals surface area contributed by atoms with Crippen molar-refractivity contribution in [3.8, 4) is 0 Å². The predicted octanol–water partition coefficient (Wildman–Crippen LogP) is 1.44. The molecule has 0 unspecified atom stereocenters. The summed E-state index contributed by atoms with van der Waals surface area (Å²) in [6, 6.07) is 4.75. The third-order valence-corrected chi connectivity index (χ3v) is 4.98. The zero-order valence-corrected chi connectivity index (χ0v) is 13.1. The Balaban J connectivity index is 2.37. The standard InChI is InChI=1S/C14H17FN2O4S/c1-17(22(19,20)9-15)13(14(18)21-2)7-10-8-16-12-6-4-3-5-11(10)12/h3-6,8,13,16H,7,9H2,1-2H3/t13-/m1/s1. The second-order valence-corrected chi connectivity index (χ2v) is 6.80. The van der Waals surface area contributed by atoms with Crippen LogP contribution >= 0.6 is 0 Å². The number of halogens is 1. The van der Waals surface area contributed by atoms with Gasteiger partial charge in [0.1, 0.15) is 6.04 Å². The first-order valence-electron chi connectivity index (χ1n) is 6.55. The van der Waals surface area contributed by atoms with Gasteiger partial charge in [0.25, 0.3) is 0 Å². The van der Waals surface area contributed by atoms with Crippen molar-refractivity contribution in [3.63, 3.8) is 0 Å². The number of para-hydroxylation sites is 1. The largest absolute Gasteiger partial charge is 0.468 e. The Labute approximate surface area is 127 Å². The number of aromatic nitrogens is 1. The van der Waals surface area contributed by atoms with E-state index in [0.717, 1.165) is 20.8 Å². The van der Waals surface area contributed by atoms with Crippen molar-refractivity contribution in [2.24, 2.45) is 0 Å². The van der Waals surface area contributed by atoms with Crippen LogP contribution in [0.1, 0.15) is 5.56 Å². The minimum atomic E-state index is -4.15. The van der Waals surface area contributed by atoms with Crippen LogP contribution in [0.25, 0.3) is 10.9 Å². The smallest absolute Gasteiger partial charge is 0.324 e. The number of likely N-dealkylation sites (N-methyl/N-ethyl adjacent to an activating group) is 1. The van der Waals surface area contributed by atoms with Crippen molar-refractivity contribution >= 4 is 26.9 Å². The maximum Gasteiger partial charge on any atom is 0.324 e. The third-order valence-electron chi connectivity index (χ3n) is 3.58. The maximum absolute atomic E-state index is 12.7. The molecule has 0 fully saturated rings. The monoisotopic (exact) mass is 328 g/mol. The summed E-state index contributed by atoms with van der Waals surface area (Å²) in [4.78, 5) is 15.0. The van der Waals surface area contributed by atoms with E-state index in [4.69, 9.17) is 0 Å². The summed E-state index contributed by atoms with van der Waals surface area (Å²) in [5, 5.41) is 0.877. The molecule has 0 amide bonds. The first-order valence-corrected chi connectivity index (χ1v) is 8.16. The molecule has 1 aromatic heterocycles. The van der Waals surface area contributed by atoms with Crippen LogP contribution in [-0.4, -0.2) is 49.9 Å². The lowest BCUT2D eigenvalue weighted by molar-refractivity contribution is -0.144. The molecule has 0 bridgehead atoms. The Kier molecular flexibility index (Phi) is 4.82. The predicted molar refractivity (Wildman–Crippen MR) is 80.5 cm³/mol. The molecule has 120 valence electrons. The fraction of sp³-hybridized carbons (Fsp3) is 0.357. The fourth-order valence-corrected chi connectivity index (χ4v) is 2.98. The molecule has 0 aliphatic heterocycles. The summed E-state index contributed by atoms with van der Waals surface area (Å²) in [5.41, 5.74) is 1.63. The zero-order valence-electron chi connectivity index (χ0n) is 12.2. The van der Waals surface area contributed by atoms with Gasteiger partial charge in [-0.25, -0.2) is 12.8 Å². The molecule has 0 aliphatic rings. The number of carbonyl (C=O) groups is 1. The van der Waals surface area contributed by atoms with Gasteiger partial charge in [0.2, 0.25) is 16.0 Å². The van der Waals surface area contributed by atoms with Gasteiger partial charge in [0.05, 0.1) is 7.11 Å². The van der Waals surface area contributed by atoms with Gasteiger partial charge in [-0.1, -0.05) is 18.2 Å². The minimum Gasteiger partial charge on any atom is -0.468 e. The van der Waals surface area contributed by atoms with Gasteiger partial charge in [0.15, 0.2) is 0 Å². The number of benzene rings is 1. The number of rotatable bonds is 6. The van der Waals surface area contributed by atoms with Crippen molar-refractivity contribution in [2.45, 2.75) is 12.5 Å². The first kappa shape index (κ1) is 16.4. The van der Waals surface area contributed by atoms with Crippen LogP contribution in [0.4, 0.5) is 4.39 Å². The topological polar surface area (TPSA) is 79.5 Å². The SMILES string of the molecule is COC(=O)[C@@H](Cc1c[nH]c2ccccc12)N(C)S(=O)(=O)CF. The van der Waals surface area contributed by atoms with Crippen molar-refractivity contribution in [2.75, 3.05) is 20.2 Å². The van der Waals surface area contributed by atoms with Crippen LogP contribution in [0.2, 0.25) is 0 Å². The molecular weight excluding hydrogens is 311 g/mol. The molecule has 0 spiro atoms. The molecular formula is C14H17FN2O4S. The van der Waals surface area contributed by atoms with E-state index in [0.29, 0.717) is 0 Å². The summed E-state index contributed by atoms with van der Waals surface area (Å²) in [5.74, 6) is -0.732. The van der Waals surface area contributed by atoms with Crippen LogP contribution in [-0.2, 0) is 26.0 Å². The minimum absolute atomic E-state index is 0.0897. The number of carbonyl (C=O) groups excluding carboxylic acids is 1. The number of ether oxygens (including phenoxy) is 1. The normalized spacial score (nSPS) is 13.5. The summed E-state index contributed by atoms with van der Waals surface area (Å²) in [6.07, 6.45) is 1.79. The third kappa shape index (κ3) is 3.12. The van der Waals surface area contributed by atoms with Crippen molar-refractivity contribution in [3.05, 3.63) is 36.0 Å². The van der Waals surface area contributed by atoms with Crippen LogP contribution in [0, 0.1) is 0 Å². The molecule has 2 aromatic rings. The van der Waals surface area contributed by atoms with Crippen molar-refractivity contribution in [1.29, 1.82) is 0 Å². The van der Waals surface area contributed by atoms with Gasteiger partial charge in [0, 0.05) is 30.6 Å². The number of methoxy groups -OCH3 is 1. The number of aromatic amines is 1. The quantitative estimate of drug-likeness (QED) is 0.814. The molecule has 8 heteroatoms. The van der Waals surface area contributed by atoms with Gasteiger partial charge >= 0.3 is 5.97 Å². The van der Waals surface area contributed by atoms with Crippen molar-refractivity contribution < 1.29 is 22.3 Å². The van der Waals surface area contributed by atoms with E-state index >= 15 is 0 Å². The molecule has 6 nitrogen and oxygen atoms in total. The Morgan fingerprint density at radius 1 is 1.41 bits per heavy atom. The van der Waals surface area contributed by atoms with Crippen LogP contribution in [0.15, 0.2) is 30.5 Å². The zero-order chi connectivity index (χ0) is 16.3. The summed E-state index contributed by atoms with van der Waals surface area (Å²) >= 11 is 0. The van der Waals surface area contributed by atoms with Crippen LogP contribution < -0.4 is 0 Å². The molecule has 1 atom stereocenters. The van der Waals surface area contributed by atoms with E-state index in [2.05, 4.69) is 9.72 Å². The number of nitrogens with zero attached hydrogens (tertiary/aromatic N) is 1. The van der Waals surface area contributed by atoms with E-state index in [9.17, 15) is 17.6 Å². The Bertz CT molecular complexity index is 772. The summed E-state index contributed by atoms with van der Waals surface area (Å²) in [6.45, 7) is 0. The molecule has 1 heterocycles. The van der Waals surface area contributed by atoms with E-state index in [1.807, 2.05) is 24.3 Å². The number of sulfonamides is 1. The van der Waals surface area contributed by atoms with Gasteiger partial charge < -0.3 is 9.72 Å². The number of fused-ring (bicyclic) bond motifs is 1. The molecule has 1 aromatic carbocycles. The summed E-state index contributed by atoms with van der Waals surface area (Å²) in [7, 11) is -1.81. The molecule has 2 rings (SSSR count). The molecule has 0 aliphatic carbocycles. The highest BCUT2D eigenvalue weighted by Crippen LogP contribution is 2.21. The number of hydrogen-bond acceptors (Lipinski definition) is 4. The lowest BCUT2D eigenvalue weighted by Crippen LogP contribution is -2.44. The second-order valence-electron chi connectivity index (χ2n) is 4.84. The number of alkyl halides is 1. The second kappa shape index (κ2) is 6.45. The van der Waals surface area contributed by atoms with Gasteiger partial charge in [-0.3, -0.25) is 4.79 Å². The number of nitrogens with one attached hydrogen (secondary N) is 1. The van der Waals surface area contributed by atoms with E-state index in [1.165, 1.54) is 14.2 Å². The lowest BCUT2D eigenvalue weighted by atomic mass is 10.1. The molecule has 0 saturated heterocycles. The van der Waals surface area contributed by atoms with Crippen LogP contribution in [0.3, 0.4) is 0 Å². The first-order chi connectivity index (χ1) is 10.4. The maximum atomic E-state index is 12.7. The Hall–Kier alpha value is -1.93. The number of H-pyrrole nitrogens is 1. The van der Waals surface area contributed by atoms with Crippen molar-refractivity contribution in [1.82, 2.24) is 9.29 Å². The number of esters is 1. The van der Waals surface area contributed by atoms with Gasteiger partial charge in [-0.05, 0) is 11.6 Å². The lowest BCUT2D eigenvalue weighted by Gasteiger charge is -2.24. The van der Waals surface area contributed by atoms with Crippen LogP contribution in [0.5, 0.6) is 0 Å². The number of hydrogen-bond donors (Lipinski definition) is 1. The van der Waals surface area contributed by atoms with E-state index < -0.39 is 28.0 Å². The Morgan fingerprint density at radius 3 is 2.73 bits per heavy atom. The average molecular weight is 328 g/mol. The average Bonchev–Trinajstić information content (AvgIpc) is 2.94. The highest BCUT2D eigenvalue weighted by Gasteiger charge is 2.33. The highest BCUT2D eigenvalue weighted by molar-refractivity contribution is 7.88. The highest BCUT2D eigenvalue weighted by atomic mass is 32.2. The van der Waals surface area contributed by atoms with Gasteiger partial charge in [-0.15, -0.1) is 0 Å². The Morgan fingerprint density at radius 2 is 2.09 bits per heavy atom. The summed E-state index contributed by atoms with van der Waals surface area (Å²) < 4.78 is 41.4. The fourth-order valence-electron chi connectivity index (χ4n) is 2.28. The molecule has 1 N–H and O–H groups in total.